The van der Waals surface area contributed by atoms with Crippen LogP contribution in [-0.2, 0) is 14.3 Å². The number of phenols is 1. The molecule has 3 heterocycles. The first-order chi connectivity index (χ1) is 16.9. The molecule has 0 radical (unpaired) electrons. The third kappa shape index (κ3) is 4.05. The molecule has 1 amide bonds. The van der Waals surface area contributed by atoms with Gasteiger partial charge in [-0.05, 0) is 48.7 Å². The van der Waals surface area contributed by atoms with Crippen molar-refractivity contribution >= 4 is 23.1 Å². The number of fused-ring (bicyclic) bond motifs is 1. The average molecular weight is 481 g/mol. The Kier molecular flexibility index (Phi) is 6.02. The summed E-state index contributed by atoms with van der Waals surface area (Å²) in [5.74, 6) is -0.933. The van der Waals surface area contributed by atoms with E-state index in [0.717, 1.165) is 18.5 Å². The minimum absolute atomic E-state index is 0.0307. The highest BCUT2D eigenvalue weighted by Gasteiger charge is 2.47. The number of ketones is 1. The van der Waals surface area contributed by atoms with Gasteiger partial charge in [-0.2, -0.15) is 0 Å². The fourth-order valence-electron chi connectivity index (χ4n) is 4.95. The smallest absolute Gasteiger partial charge is 0.295 e. The van der Waals surface area contributed by atoms with Gasteiger partial charge in [-0.3, -0.25) is 9.59 Å². The maximum atomic E-state index is 13.3. The second kappa shape index (κ2) is 9.14. The highest BCUT2D eigenvalue weighted by molar-refractivity contribution is 6.46. The highest BCUT2D eigenvalue weighted by Crippen LogP contribution is 2.43. The fraction of sp³-hybridized carbons (Fsp3) is 0.385. The van der Waals surface area contributed by atoms with Crippen LogP contribution in [0.4, 0.5) is 5.69 Å². The lowest BCUT2D eigenvalue weighted by molar-refractivity contribution is -0.140. The maximum absolute atomic E-state index is 13.3. The molecule has 2 saturated heterocycles. The third-order valence-corrected chi connectivity index (χ3v) is 6.81. The number of phenolic OH excluding ortho intramolecular Hbond substituents is 1. The number of benzene rings is 2. The summed E-state index contributed by atoms with van der Waals surface area (Å²) >= 11 is 0. The van der Waals surface area contributed by atoms with Gasteiger partial charge in [0, 0.05) is 25.8 Å². The summed E-state index contributed by atoms with van der Waals surface area (Å²) in [5, 5.41) is 21.8. The molecule has 0 aromatic heterocycles. The van der Waals surface area contributed by atoms with Gasteiger partial charge in [0.05, 0.1) is 37.1 Å². The number of Topliss-reactive ketones (excluding diaryl/α,β-unsaturated/α-hetero) is 1. The van der Waals surface area contributed by atoms with Crippen molar-refractivity contribution in [3.8, 4) is 17.2 Å². The number of anilines is 1. The van der Waals surface area contributed by atoms with Gasteiger partial charge in [-0.25, -0.2) is 0 Å². The van der Waals surface area contributed by atoms with Crippen molar-refractivity contribution in [2.75, 3.05) is 45.4 Å². The van der Waals surface area contributed by atoms with Crippen molar-refractivity contribution in [3.05, 3.63) is 53.1 Å². The Morgan fingerprint density at radius 3 is 2.71 bits per heavy atom. The number of ether oxygens (including phenoxy) is 3. The van der Waals surface area contributed by atoms with E-state index in [9.17, 15) is 19.8 Å². The summed E-state index contributed by atoms with van der Waals surface area (Å²) in [6.07, 6.45) is 1.46. The SMILES string of the molecule is COc1ccc(C2/C(=C(/O)c3ccc4c(c3)N(C)CCO4)C(=O)C(=O)N2CC2CCCO2)cc1O. The third-order valence-electron chi connectivity index (χ3n) is 6.81. The van der Waals surface area contributed by atoms with Gasteiger partial charge in [-0.1, -0.05) is 6.07 Å². The van der Waals surface area contributed by atoms with Crippen LogP contribution in [-0.4, -0.2) is 73.4 Å². The van der Waals surface area contributed by atoms with Crippen LogP contribution in [0, 0.1) is 0 Å². The number of aliphatic hydroxyl groups excluding tert-OH is 1. The minimum Gasteiger partial charge on any atom is -0.507 e. The van der Waals surface area contributed by atoms with Gasteiger partial charge in [0.25, 0.3) is 11.7 Å². The molecule has 2 fully saturated rings. The molecule has 0 saturated carbocycles. The number of hydrogen-bond donors (Lipinski definition) is 2. The van der Waals surface area contributed by atoms with E-state index in [1.165, 1.54) is 18.1 Å². The van der Waals surface area contributed by atoms with Crippen molar-refractivity contribution in [1.82, 2.24) is 4.90 Å². The van der Waals surface area contributed by atoms with E-state index in [0.29, 0.717) is 36.6 Å². The van der Waals surface area contributed by atoms with Crippen LogP contribution in [0.2, 0.25) is 0 Å². The van der Waals surface area contributed by atoms with Crippen molar-refractivity contribution in [2.24, 2.45) is 0 Å². The number of carbonyl (C=O) groups is 2. The van der Waals surface area contributed by atoms with E-state index < -0.39 is 17.7 Å². The normalized spacial score (nSPS) is 23.4. The van der Waals surface area contributed by atoms with Crippen LogP contribution in [0.3, 0.4) is 0 Å². The number of aliphatic hydroxyl groups is 1. The number of carbonyl (C=O) groups excluding carboxylic acids is 2. The largest absolute Gasteiger partial charge is 0.507 e. The van der Waals surface area contributed by atoms with Gasteiger partial charge in [0.1, 0.15) is 18.1 Å². The van der Waals surface area contributed by atoms with Crippen molar-refractivity contribution in [2.45, 2.75) is 25.0 Å². The lowest BCUT2D eigenvalue weighted by Crippen LogP contribution is -2.36. The summed E-state index contributed by atoms with van der Waals surface area (Å²) < 4.78 is 16.6. The topological polar surface area (TPSA) is 109 Å². The molecule has 35 heavy (non-hydrogen) atoms. The predicted molar refractivity (Wildman–Crippen MR) is 128 cm³/mol. The Morgan fingerprint density at radius 1 is 1.17 bits per heavy atom. The summed E-state index contributed by atoms with van der Waals surface area (Å²) in [7, 11) is 3.36. The molecule has 2 atom stereocenters. The summed E-state index contributed by atoms with van der Waals surface area (Å²) in [6.45, 7) is 2.06. The molecule has 2 N–H and O–H groups in total. The van der Waals surface area contributed by atoms with Crippen LogP contribution in [0.25, 0.3) is 5.76 Å². The fourth-order valence-corrected chi connectivity index (χ4v) is 4.95. The highest BCUT2D eigenvalue weighted by atomic mass is 16.5. The Hall–Kier alpha value is -3.72. The zero-order valence-electron chi connectivity index (χ0n) is 19.7. The van der Waals surface area contributed by atoms with E-state index >= 15 is 0 Å². The number of aromatic hydroxyl groups is 1. The number of hydrogen-bond acceptors (Lipinski definition) is 8. The van der Waals surface area contributed by atoms with Crippen LogP contribution in [0.15, 0.2) is 42.0 Å². The summed E-state index contributed by atoms with van der Waals surface area (Å²) in [4.78, 5) is 29.9. The lowest BCUT2D eigenvalue weighted by Gasteiger charge is -2.29. The van der Waals surface area contributed by atoms with Crippen LogP contribution < -0.4 is 14.4 Å². The van der Waals surface area contributed by atoms with Gasteiger partial charge in [0.15, 0.2) is 11.5 Å². The first-order valence-corrected chi connectivity index (χ1v) is 11.6. The van der Waals surface area contributed by atoms with E-state index in [1.807, 2.05) is 11.9 Å². The monoisotopic (exact) mass is 480 g/mol. The lowest BCUT2D eigenvalue weighted by atomic mass is 9.94. The zero-order valence-corrected chi connectivity index (χ0v) is 19.7. The second-order valence-corrected chi connectivity index (χ2v) is 8.97. The Bertz CT molecular complexity index is 1200. The molecule has 2 unspecified atom stereocenters. The number of rotatable bonds is 5. The molecule has 3 aliphatic rings. The molecule has 184 valence electrons. The van der Waals surface area contributed by atoms with Crippen LogP contribution in [0.1, 0.15) is 30.0 Å². The summed E-state index contributed by atoms with van der Waals surface area (Å²) in [5.41, 5.74) is 1.64. The second-order valence-electron chi connectivity index (χ2n) is 8.97. The molecule has 5 rings (SSSR count). The molecular formula is C26H28N2O7. The minimum atomic E-state index is -0.888. The van der Waals surface area contributed by atoms with Crippen LogP contribution >= 0.6 is 0 Å². The van der Waals surface area contributed by atoms with Crippen molar-refractivity contribution in [3.63, 3.8) is 0 Å². The Morgan fingerprint density at radius 2 is 2.00 bits per heavy atom. The zero-order chi connectivity index (χ0) is 24.7. The quantitative estimate of drug-likeness (QED) is 0.382. The Balaban J connectivity index is 1.62. The number of amides is 1. The van der Waals surface area contributed by atoms with Gasteiger partial charge in [-0.15, -0.1) is 0 Å². The average Bonchev–Trinajstić information content (AvgIpc) is 3.46. The first kappa shape index (κ1) is 23.0. The standard InChI is InChI=1S/C26H28N2O7/c1-27-9-11-35-20-7-6-16(12-18(20)27)24(30)22-23(15-5-8-21(33-2)19(29)13-15)28(26(32)25(22)31)14-17-4-3-10-34-17/h5-8,12-13,17,23,29-30H,3-4,9-11,14H2,1-2H3/b24-22-. The van der Waals surface area contributed by atoms with Crippen molar-refractivity contribution in [1.29, 1.82) is 0 Å². The number of nitrogens with zero attached hydrogens (tertiary/aromatic N) is 2. The van der Waals surface area contributed by atoms with Gasteiger partial charge < -0.3 is 34.2 Å². The molecular weight excluding hydrogens is 452 g/mol. The molecule has 3 aliphatic heterocycles. The van der Waals surface area contributed by atoms with Gasteiger partial charge >= 0.3 is 0 Å². The number of methoxy groups -OCH3 is 1. The molecule has 0 bridgehead atoms. The van der Waals surface area contributed by atoms with Crippen molar-refractivity contribution < 1.29 is 34.0 Å². The van der Waals surface area contributed by atoms with E-state index in [2.05, 4.69) is 0 Å². The molecule has 9 heteroatoms. The van der Waals surface area contributed by atoms with Crippen LogP contribution in [0.5, 0.6) is 17.2 Å². The van der Waals surface area contributed by atoms with E-state index in [-0.39, 0.29) is 35.5 Å². The maximum Gasteiger partial charge on any atom is 0.295 e. The number of likely N-dealkylation sites (tertiary alicyclic amines) is 1. The molecule has 2 aromatic rings. The van der Waals surface area contributed by atoms with Gasteiger partial charge in [0.2, 0.25) is 0 Å². The molecule has 9 nitrogen and oxygen atoms in total. The Labute approximate surface area is 203 Å². The predicted octanol–water partition coefficient (Wildman–Crippen LogP) is 2.83. The number of likely N-dealkylation sites (N-methyl/N-ethyl adjacent to an activating group) is 1. The van der Waals surface area contributed by atoms with E-state index in [1.54, 1.807) is 30.3 Å². The van der Waals surface area contributed by atoms with E-state index in [4.69, 9.17) is 14.2 Å². The molecule has 2 aromatic carbocycles. The molecule has 0 spiro atoms. The first-order valence-electron chi connectivity index (χ1n) is 11.6. The molecule has 0 aliphatic carbocycles. The summed E-state index contributed by atoms with van der Waals surface area (Å²) in [6, 6.07) is 8.99.